The molecule has 0 amide bonds. The zero-order valence-electron chi connectivity index (χ0n) is 13.3. The molecule has 2 aromatic rings. The SMILES string of the molecule is N=C(NNc1ccc(OC(F)(F)C(F)(F)F)cc1)c1ccc(C(=O)O)cc1. The molecular formula is C16H12F5N3O3. The first-order valence-corrected chi connectivity index (χ1v) is 7.17. The Hall–Kier alpha value is -3.37. The largest absolute Gasteiger partial charge is 0.499 e. The van der Waals surface area contributed by atoms with Crippen molar-refractivity contribution in [2.45, 2.75) is 12.3 Å². The summed E-state index contributed by atoms with van der Waals surface area (Å²) in [5, 5.41) is 16.6. The third kappa shape index (κ3) is 5.06. The van der Waals surface area contributed by atoms with Crippen LogP contribution < -0.4 is 15.6 Å². The molecular weight excluding hydrogens is 377 g/mol. The third-order valence-corrected chi connectivity index (χ3v) is 3.18. The van der Waals surface area contributed by atoms with Gasteiger partial charge in [-0.05, 0) is 36.4 Å². The van der Waals surface area contributed by atoms with Gasteiger partial charge in [0, 0.05) is 5.56 Å². The number of amidine groups is 1. The van der Waals surface area contributed by atoms with Gasteiger partial charge in [0.15, 0.2) is 0 Å². The van der Waals surface area contributed by atoms with Gasteiger partial charge in [-0.1, -0.05) is 12.1 Å². The number of aromatic carboxylic acids is 1. The molecule has 0 aliphatic carbocycles. The Bertz CT molecular complexity index is 821. The molecule has 4 N–H and O–H groups in total. The number of carboxylic acid groups (broad SMARTS) is 1. The molecule has 2 rings (SSSR count). The maximum Gasteiger partial charge on any atom is 0.499 e. The lowest BCUT2D eigenvalue weighted by atomic mass is 10.1. The molecule has 11 heteroatoms. The van der Waals surface area contributed by atoms with Crippen LogP contribution in [0.25, 0.3) is 0 Å². The number of hydrogen-bond acceptors (Lipinski definition) is 4. The second-order valence-electron chi connectivity index (χ2n) is 5.15. The van der Waals surface area contributed by atoms with E-state index in [2.05, 4.69) is 15.6 Å². The van der Waals surface area contributed by atoms with E-state index in [1.807, 2.05) is 0 Å². The summed E-state index contributed by atoms with van der Waals surface area (Å²) < 4.78 is 65.5. The maximum atomic E-state index is 12.8. The van der Waals surface area contributed by atoms with Crippen LogP contribution in [-0.4, -0.2) is 29.2 Å². The average molecular weight is 389 g/mol. The number of carbonyl (C=O) groups is 1. The van der Waals surface area contributed by atoms with Gasteiger partial charge in [0.05, 0.1) is 11.3 Å². The number of nitrogens with one attached hydrogen (secondary N) is 3. The molecule has 0 spiro atoms. The number of rotatable bonds is 6. The highest BCUT2D eigenvalue weighted by Crippen LogP contribution is 2.37. The van der Waals surface area contributed by atoms with Gasteiger partial charge in [-0.25, -0.2) is 4.79 Å². The topological polar surface area (TPSA) is 94.4 Å². The minimum absolute atomic E-state index is 0.0470. The van der Waals surface area contributed by atoms with E-state index in [4.69, 9.17) is 10.5 Å². The van der Waals surface area contributed by atoms with Gasteiger partial charge < -0.3 is 9.84 Å². The standard InChI is InChI=1S/C16H12F5N3O3/c17-15(18,19)16(20,21)27-12-7-5-11(6-8-12)23-24-13(22)9-1-3-10(4-2-9)14(25)26/h1-8,23H,(H2,22,24)(H,25,26). The molecule has 0 aromatic heterocycles. The quantitative estimate of drug-likeness (QED) is 0.261. The van der Waals surface area contributed by atoms with Gasteiger partial charge in [-0.3, -0.25) is 16.3 Å². The molecule has 0 aliphatic heterocycles. The van der Waals surface area contributed by atoms with Crippen LogP contribution in [0, 0.1) is 5.41 Å². The lowest BCUT2D eigenvalue weighted by Gasteiger charge is -2.20. The van der Waals surface area contributed by atoms with E-state index in [9.17, 15) is 26.7 Å². The normalized spacial score (nSPS) is 11.6. The van der Waals surface area contributed by atoms with Gasteiger partial charge in [0.1, 0.15) is 11.6 Å². The van der Waals surface area contributed by atoms with Crippen LogP contribution in [0.5, 0.6) is 5.75 Å². The summed E-state index contributed by atoms with van der Waals surface area (Å²) in [6, 6.07) is 9.53. The van der Waals surface area contributed by atoms with Crippen LogP contribution in [0.1, 0.15) is 15.9 Å². The molecule has 0 atom stereocenters. The number of hydrogen-bond donors (Lipinski definition) is 4. The molecule has 0 heterocycles. The molecule has 0 saturated heterocycles. The Morgan fingerprint density at radius 1 is 0.926 bits per heavy atom. The molecule has 0 bridgehead atoms. The Balaban J connectivity index is 1.95. The van der Waals surface area contributed by atoms with Crippen LogP contribution in [-0.2, 0) is 0 Å². The van der Waals surface area contributed by atoms with Crippen LogP contribution in [0.4, 0.5) is 27.6 Å². The maximum absolute atomic E-state index is 12.8. The fourth-order valence-corrected chi connectivity index (χ4v) is 1.80. The van der Waals surface area contributed by atoms with E-state index >= 15 is 0 Å². The minimum atomic E-state index is -5.84. The lowest BCUT2D eigenvalue weighted by molar-refractivity contribution is -0.360. The third-order valence-electron chi connectivity index (χ3n) is 3.18. The van der Waals surface area contributed by atoms with E-state index in [-0.39, 0.29) is 17.1 Å². The van der Waals surface area contributed by atoms with Crippen LogP contribution in [0.15, 0.2) is 48.5 Å². The molecule has 2 aromatic carbocycles. The number of benzene rings is 2. The van der Waals surface area contributed by atoms with Crippen molar-refractivity contribution in [3.63, 3.8) is 0 Å². The van der Waals surface area contributed by atoms with E-state index in [0.717, 1.165) is 24.3 Å². The van der Waals surface area contributed by atoms with Crippen molar-refractivity contribution in [3.8, 4) is 5.75 Å². The highest BCUT2D eigenvalue weighted by molar-refractivity contribution is 5.98. The Morgan fingerprint density at radius 2 is 1.44 bits per heavy atom. The van der Waals surface area contributed by atoms with E-state index in [1.165, 1.54) is 24.3 Å². The van der Waals surface area contributed by atoms with E-state index < -0.39 is 24.0 Å². The Kier molecular flexibility index (Phi) is 5.52. The zero-order valence-corrected chi connectivity index (χ0v) is 13.3. The monoisotopic (exact) mass is 389 g/mol. The predicted octanol–water partition coefficient (Wildman–Crippen LogP) is 3.86. The number of anilines is 1. The second kappa shape index (κ2) is 7.48. The van der Waals surface area contributed by atoms with Crippen molar-refractivity contribution >= 4 is 17.5 Å². The smallest absolute Gasteiger partial charge is 0.478 e. The van der Waals surface area contributed by atoms with Crippen LogP contribution >= 0.6 is 0 Å². The molecule has 6 nitrogen and oxygen atoms in total. The number of alkyl halides is 5. The fourth-order valence-electron chi connectivity index (χ4n) is 1.80. The van der Waals surface area contributed by atoms with Crippen molar-refractivity contribution < 1.29 is 36.6 Å². The summed E-state index contributed by atoms with van der Waals surface area (Å²) >= 11 is 0. The zero-order chi connectivity index (χ0) is 20.2. The van der Waals surface area contributed by atoms with Crippen LogP contribution in [0.2, 0.25) is 0 Å². The summed E-state index contributed by atoms with van der Waals surface area (Å²) in [4.78, 5) is 10.8. The van der Waals surface area contributed by atoms with E-state index in [1.54, 1.807) is 0 Å². The molecule has 0 saturated carbocycles. The van der Waals surface area contributed by atoms with Crippen molar-refractivity contribution in [1.82, 2.24) is 5.43 Å². The summed E-state index contributed by atoms with van der Waals surface area (Å²) in [7, 11) is 0. The first-order chi connectivity index (χ1) is 12.5. The second-order valence-corrected chi connectivity index (χ2v) is 5.15. The van der Waals surface area contributed by atoms with Gasteiger partial charge in [0.2, 0.25) is 0 Å². The van der Waals surface area contributed by atoms with Gasteiger partial charge in [-0.2, -0.15) is 22.0 Å². The summed E-state index contributed by atoms with van der Waals surface area (Å²) in [6.45, 7) is 0. The van der Waals surface area contributed by atoms with Crippen molar-refractivity contribution in [2.75, 3.05) is 5.43 Å². The fraction of sp³-hybridized carbons (Fsp3) is 0.125. The molecule has 0 aliphatic rings. The first-order valence-electron chi connectivity index (χ1n) is 7.17. The first kappa shape index (κ1) is 19.9. The lowest BCUT2D eigenvalue weighted by Crippen LogP contribution is -2.41. The number of ether oxygens (including phenoxy) is 1. The average Bonchev–Trinajstić information content (AvgIpc) is 2.59. The highest BCUT2D eigenvalue weighted by atomic mass is 19.4. The van der Waals surface area contributed by atoms with Crippen LogP contribution in [0.3, 0.4) is 0 Å². The molecule has 0 radical (unpaired) electrons. The number of halogens is 5. The molecule has 0 fully saturated rings. The van der Waals surface area contributed by atoms with Gasteiger partial charge in [-0.15, -0.1) is 0 Å². The van der Waals surface area contributed by atoms with Gasteiger partial charge in [0.25, 0.3) is 0 Å². The molecule has 144 valence electrons. The van der Waals surface area contributed by atoms with E-state index in [0.29, 0.717) is 5.56 Å². The number of hydrazine groups is 1. The molecule has 0 unspecified atom stereocenters. The minimum Gasteiger partial charge on any atom is -0.478 e. The van der Waals surface area contributed by atoms with Crippen molar-refractivity contribution in [2.24, 2.45) is 0 Å². The Labute approximate surface area is 149 Å². The number of carboxylic acids is 1. The Morgan fingerprint density at radius 3 is 1.93 bits per heavy atom. The highest BCUT2D eigenvalue weighted by Gasteiger charge is 2.61. The van der Waals surface area contributed by atoms with Crippen molar-refractivity contribution in [1.29, 1.82) is 5.41 Å². The summed E-state index contributed by atoms with van der Waals surface area (Å²) in [5.41, 5.74) is 5.68. The van der Waals surface area contributed by atoms with Gasteiger partial charge >= 0.3 is 18.3 Å². The molecule has 27 heavy (non-hydrogen) atoms. The summed E-state index contributed by atoms with van der Waals surface area (Å²) in [5.74, 6) is -1.93. The summed E-state index contributed by atoms with van der Waals surface area (Å²) in [6.07, 6.45) is -11.2. The predicted molar refractivity (Wildman–Crippen MR) is 85.1 cm³/mol. The van der Waals surface area contributed by atoms with Crippen molar-refractivity contribution in [3.05, 3.63) is 59.7 Å².